The first kappa shape index (κ1) is 26.8. The number of anilines is 1. The number of amides is 2. The Kier molecular flexibility index (Phi) is 9.42. The second kappa shape index (κ2) is 11.6. The molecule has 2 aliphatic rings. The standard InChI is InChI=1S/C17H18N6O7S2.Na/c1-3-4-30-21-9(12-20-17(18)32-22-12)13(25)19-10-14(26)23-11(16(27)28)8(5-29-7(2)24)6-31-15(10)23;/h3,10,15H,1,4-6H2,2H3,(H,19,25)(H,27,28)(H2,18,20,22);/q;+1/p-1/b21-9-;/t10?,15-;/m1./s1. The molecule has 0 aliphatic carbocycles. The first-order valence-electron chi connectivity index (χ1n) is 8.97. The number of aliphatic carboxylic acids is 1. The van der Waals surface area contributed by atoms with Crippen molar-refractivity contribution < 1.29 is 63.4 Å². The summed E-state index contributed by atoms with van der Waals surface area (Å²) in [7, 11) is 0. The van der Waals surface area contributed by atoms with Crippen LogP contribution in [0.5, 0.6) is 0 Å². The topological polar surface area (TPSA) is 189 Å². The third-order valence-electron chi connectivity index (χ3n) is 4.19. The Hall–Kier alpha value is -2.46. The van der Waals surface area contributed by atoms with Gasteiger partial charge in [0.15, 0.2) is 5.13 Å². The van der Waals surface area contributed by atoms with Crippen LogP contribution in [0.1, 0.15) is 12.7 Å². The molecule has 1 unspecified atom stereocenters. The Morgan fingerprint density at radius 1 is 1.45 bits per heavy atom. The molecule has 1 saturated heterocycles. The summed E-state index contributed by atoms with van der Waals surface area (Å²) < 4.78 is 8.78. The smallest absolute Gasteiger partial charge is 0.543 e. The van der Waals surface area contributed by atoms with Crippen molar-refractivity contribution in [1.82, 2.24) is 19.6 Å². The van der Waals surface area contributed by atoms with E-state index in [1.165, 1.54) is 24.8 Å². The molecule has 3 heterocycles. The van der Waals surface area contributed by atoms with Gasteiger partial charge in [-0.3, -0.25) is 19.3 Å². The van der Waals surface area contributed by atoms with Gasteiger partial charge in [0.1, 0.15) is 24.6 Å². The number of β-lactam (4-membered cyclic amide) rings is 1. The molecule has 1 fully saturated rings. The molecule has 3 N–H and O–H groups in total. The number of oxime groups is 1. The third-order valence-corrected chi connectivity index (χ3v) is 6.08. The van der Waals surface area contributed by atoms with E-state index in [9.17, 15) is 24.3 Å². The first-order chi connectivity index (χ1) is 15.2. The Morgan fingerprint density at radius 2 is 2.18 bits per heavy atom. The fourth-order valence-electron chi connectivity index (χ4n) is 2.85. The summed E-state index contributed by atoms with van der Waals surface area (Å²) in [5, 5.41) is 17.2. The van der Waals surface area contributed by atoms with Crippen LogP contribution in [0, 0.1) is 0 Å². The number of thioether (sulfide) groups is 1. The number of carboxylic acids is 1. The molecular formula is C17H17N6NaO7S2. The van der Waals surface area contributed by atoms with Gasteiger partial charge >= 0.3 is 35.5 Å². The zero-order valence-electron chi connectivity index (χ0n) is 17.6. The van der Waals surface area contributed by atoms with E-state index in [-0.39, 0.29) is 76.5 Å². The van der Waals surface area contributed by atoms with Crippen molar-refractivity contribution in [2.24, 2.45) is 5.16 Å². The Balaban J connectivity index is 0.00000385. The largest absolute Gasteiger partial charge is 1.00 e. The molecule has 16 heteroatoms. The number of esters is 1. The van der Waals surface area contributed by atoms with E-state index in [1.54, 1.807) is 0 Å². The second-order valence-electron chi connectivity index (χ2n) is 6.36. The van der Waals surface area contributed by atoms with Crippen molar-refractivity contribution in [3.63, 3.8) is 0 Å². The van der Waals surface area contributed by atoms with Gasteiger partial charge in [-0.05, 0) is 0 Å². The zero-order chi connectivity index (χ0) is 23.4. The summed E-state index contributed by atoms with van der Waals surface area (Å²) in [5.41, 5.74) is 5.10. The van der Waals surface area contributed by atoms with Gasteiger partial charge in [0.05, 0.1) is 11.7 Å². The average molecular weight is 504 g/mol. The molecule has 1 aromatic heterocycles. The third kappa shape index (κ3) is 5.92. The number of nitrogens with zero attached hydrogens (tertiary/aromatic N) is 4. The van der Waals surface area contributed by atoms with Crippen molar-refractivity contribution in [3.05, 3.63) is 29.7 Å². The molecule has 2 atom stereocenters. The van der Waals surface area contributed by atoms with Crippen LogP contribution in [0.4, 0.5) is 5.13 Å². The number of hydrogen-bond donors (Lipinski definition) is 2. The van der Waals surface area contributed by atoms with Crippen LogP contribution >= 0.6 is 23.3 Å². The summed E-state index contributed by atoms with van der Waals surface area (Å²) in [4.78, 5) is 58.0. The maximum atomic E-state index is 12.8. The number of nitrogens with one attached hydrogen (secondary N) is 1. The number of ether oxygens (including phenoxy) is 1. The minimum atomic E-state index is -1.59. The maximum Gasteiger partial charge on any atom is 1.00 e. The molecule has 3 rings (SSSR count). The van der Waals surface area contributed by atoms with Gasteiger partial charge in [-0.2, -0.15) is 9.36 Å². The van der Waals surface area contributed by atoms with E-state index in [4.69, 9.17) is 15.3 Å². The average Bonchev–Trinajstić information content (AvgIpc) is 3.18. The van der Waals surface area contributed by atoms with Crippen LogP contribution in [-0.4, -0.2) is 74.1 Å². The van der Waals surface area contributed by atoms with Crippen molar-refractivity contribution in [2.45, 2.75) is 18.3 Å². The van der Waals surface area contributed by atoms with E-state index in [0.717, 1.165) is 16.4 Å². The number of hydrogen-bond acceptors (Lipinski definition) is 13. The van der Waals surface area contributed by atoms with Crippen molar-refractivity contribution in [2.75, 3.05) is 24.7 Å². The number of carbonyl (C=O) groups excluding carboxylic acids is 4. The van der Waals surface area contributed by atoms with E-state index in [2.05, 4.69) is 26.4 Å². The normalized spacial score (nSPS) is 19.6. The quantitative estimate of drug-likeness (QED) is 0.0623. The number of fused-ring (bicyclic) bond motifs is 1. The molecule has 0 radical (unpaired) electrons. The number of carbonyl (C=O) groups is 4. The molecule has 0 saturated carbocycles. The van der Waals surface area contributed by atoms with Crippen LogP contribution in [0.3, 0.4) is 0 Å². The first-order valence-corrected chi connectivity index (χ1v) is 10.8. The number of nitrogens with two attached hydrogens (primary N) is 1. The summed E-state index contributed by atoms with van der Waals surface area (Å²) in [6, 6.07) is -1.04. The molecule has 0 aromatic carbocycles. The van der Waals surface area contributed by atoms with Crippen LogP contribution in [0.15, 0.2) is 29.1 Å². The molecule has 2 amide bonds. The second-order valence-corrected chi connectivity index (χ2v) is 8.25. The Morgan fingerprint density at radius 3 is 2.76 bits per heavy atom. The summed E-state index contributed by atoms with van der Waals surface area (Å²) >= 11 is 2.04. The Labute approximate surface area is 217 Å². The molecular weight excluding hydrogens is 487 g/mol. The summed E-state index contributed by atoms with van der Waals surface area (Å²) in [6.07, 6.45) is 1.41. The van der Waals surface area contributed by atoms with E-state index in [0.29, 0.717) is 0 Å². The fraction of sp³-hybridized carbons (Fsp3) is 0.353. The Bertz CT molecular complexity index is 1040. The molecule has 1 aromatic rings. The molecule has 2 aliphatic heterocycles. The van der Waals surface area contributed by atoms with Crippen LogP contribution in [0.2, 0.25) is 0 Å². The SMILES string of the molecule is C=CCO/N=C(\C(=O)NC1C(=O)N2C(C(=O)[O-])=C(COC(C)=O)CS[C@H]12)c1nsc(N)n1.[Na+]. The van der Waals surface area contributed by atoms with Crippen LogP contribution in [-0.2, 0) is 28.8 Å². The molecule has 0 bridgehead atoms. The minimum absolute atomic E-state index is 0. The number of nitrogen functional groups attached to an aromatic ring is 1. The number of rotatable bonds is 9. The fourth-order valence-corrected chi connectivity index (χ4v) is 4.61. The minimum Gasteiger partial charge on any atom is -0.543 e. The van der Waals surface area contributed by atoms with Gasteiger partial charge in [0, 0.05) is 29.8 Å². The van der Waals surface area contributed by atoms with Gasteiger partial charge in [0.2, 0.25) is 11.5 Å². The van der Waals surface area contributed by atoms with Crippen molar-refractivity contribution in [3.8, 4) is 0 Å². The van der Waals surface area contributed by atoms with Gasteiger partial charge in [0.25, 0.3) is 11.8 Å². The predicted molar refractivity (Wildman–Crippen MR) is 111 cm³/mol. The summed E-state index contributed by atoms with van der Waals surface area (Å²) in [5.74, 6) is -3.59. The molecule has 170 valence electrons. The summed E-state index contributed by atoms with van der Waals surface area (Å²) in [6.45, 7) is 4.38. The molecule has 13 nitrogen and oxygen atoms in total. The van der Waals surface area contributed by atoms with Crippen molar-refractivity contribution in [1.29, 1.82) is 0 Å². The van der Waals surface area contributed by atoms with Crippen LogP contribution < -0.4 is 45.7 Å². The van der Waals surface area contributed by atoms with Gasteiger partial charge < -0.3 is 30.5 Å². The number of aromatic nitrogens is 2. The molecule has 0 spiro atoms. The predicted octanol–water partition coefficient (Wildman–Crippen LogP) is -5.00. The van der Waals surface area contributed by atoms with E-state index in [1.807, 2.05) is 0 Å². The maximum absolute atomic E-state index is 12.8. The van der Waals surface area contributed by atoms with Crippen LogP contribution in [0.25, 0.3) is 0 Å². The molecule has 33 heavy (non-hydrogen) atoms. The van der Waals surface area contributed by atoms with Gasteiger partial charge in [-0.1, -0.05) is 17.8 Å². The van der Waals surface area contributed by atoms with Crippen molar-refractivity contribution >= 4 is 57.9 Å². The van der Waals surface area contributed by atoms with Gasteiger partial charge in [-0.15, -0.1) is 11.8 Å². The van der Waals surface area contributed by atoms with Gasteiger partial charge in [-0.25, -0.2) is 0 Å². The van der Waals surface area contributed by atoms with E-state index >= 15 is 0 Å². The monoisotopic (exact) mass is 504 g/mol. The zero-order valence-corrected chi connectivity index (χ0v) is 21.2. The van der Waals surface area contributed by atoms with E-state index < -0.39 is 35.2 Å². The number of carboxylic acid groups (broad SMARTS) is 1.